The first-order valence-electron chi connectivity index (χ1n) is 5.97. The Morgan fingerprint density at radius 1 is 1.47 bits per heavy atom. The minimum atomic E-state index is -0.739. The summed E-state index contributed by atoms with van der Waals surface area (Å²) in [6.45, 7) is 4.43. The van der Waals surface area contributed by atoms with E-state index >= 15 is 0 Å². The molecule has 1 amide bonds. The van der Waals surface area contributed by atoms with Crippen molar-refractivity contribution in [2.24, 2.45) is 5.73 Å². The molecule has 1 aromatic rings. The molecular weight excluding hydrogens is 214 g/mol. The maximum absolute atomic E-state index is 12.2. The molecule has 0 saturated carbocycles. The average molecular weight is 235 g/mol. The van der Waals surface area contributed by atoms with Crippen molar-refractivity contribution < 1.29 is 4.79 Å². The molecule has 4 heteroatoms. The summed E-state index contributed by atoms with van der Waals surface area (Å²) in [6, 6.07) is 3.82. The number of amides is 1. The predicted octanol–water partition coefficient (Wildman–Crippen LogP) is 1.56. The molecule has 0 aliphatic carbocycles. The van der Waals surface area contributed by atoms with Gasteiger partial charge in [0.15, 0.2) is 0 Å². The van der Waals surface area contributed by atoms with Crippen molar-refractivity contribution in [1.82, 2.24) is 9.88 Å². The van der Waals surface area contributed by atoms with Gasteiger partial charge in [-0.15, -0.1) is 0 Å². The van der Waals surface area contributed by atoms with Crippen LogP contribution in [0.2, 0.25) is 0 Å². The van der Waals surface area contributed by atoms with E-state index in [1.807, 2.05) is 26.0 Å². The highest BCUT2D eigenvalue weighted by atomic mass is 16.2. The van der Waals surface area contributed by atoms with Gasteiger partial charge in [0, 0.05) is 26.0 Å². The third-order valence-electron chi connectivity index (χ3n) is 3.18. The molecule has 0 bridgehead atoms. The quantitative estimate of drug-likeness (QED) is 0.842. The Hall–Kier alpha value is -1.42. The van der Waals surface area contributed by atoms with E-state index in [1.165, 1.54) is 0 Å². The van der Waals surface area contributed by atoms with Crippen LogP contribution in [0.1, 0.15) is 32.3 Å². The van der Waals surface area contributed by atoms with Gasteiger partial charge in [0.1, 0.15) is 0 Å². The van der Waals surface area contributed by atoms with Crippen LogP contribution in [0.5, 0.6) is 0 Å². The number of aromatic nitrogens is 1. The van der Waals surface area contributed by atoms with Gasteiger partial charge in [-0.25, -0.2) is 0 Å². The third-order valence-corrected chi connectivity index (χ3v) is 3.18. The minimum absolute atomic E-state index is 0.00801. The van der Waals surface area contributed by atoms with Gasteiger partial charge in [-0.2, -0.15) is 0 Å². The Bertz CT molecular complexity index is 360. The van der Waals surface area contributed by atoms with Crippen LogP contribution in [0.15, 0.2) is 24.5 Å². The standard InChI is InChI=1S/C13H21N3O/c1-4-13(14,5-2)12(17)16(3)10-11-7-6-8-15-9-11/h6-9H,4-5,10,14H2,1-3H3. The van der Waals surface area contributed by atoms with Gasteiger partial charge >= 0.3 is 0 Å². The van der Waals surface area contributed by atoms with Crippen LogP contribution in [-0.2, 0) is 11.3 Å². The summed E-state index contributed by atoms with van der Waals surface area (Å²) in [5.74, 6) is -0.00801. The number of carbonyl (C=O) groups is 1. The first-order chi connectivity index (χ1) is 8.03. The molecule has 0 aliphatic rings. The molecule has 0 fully saturated rings. The van der Waals surface area contributed by atoms with E-state index in [2.05, 4.69) is 4.98 Å². The van der Waals surface area contributed by atoms with Gasteiger partial charge in [-0.1, -0.05) is 19.9 Å². The van der Waals surface area contributed by atoms with Crippen molar-refractivity contribution in [3.05, 3.63) is 30.1 Å². The van der Waals surface area contributed by atoms with Crippen molar-refractivity contribution in [3.63, 3.8) is 0 Å². The fourth-order valence-electron chi connectivity index (χ4n) is 1.77. The highest BCUT2D eigenvalue weighted by Gasteiger charge is 2.32. The van der Waals surface area contributed by atoms with E-state index in [0.717, 1.165) is 5.56 Å². The molecule has 0 atom stereocenters. The van der Waals surface area contributed by atoms with Crippen molar-refractivity contribution in [2.75, 3.05) is 7.05 Å². The number of carbonyl (C=O) groups excluding carboxylic acids is 1. The van der Waals surface area contributed by atoms with Gasteiger partial charge in [-0.05, 0) is 24.5 Å². The van der Waals surface area contributed by atoms with Gasteiger partial charge in [-0.3, -0.25) is 9.78 Å². The lowest BCUT2D eigenvalue weighted by atomic mass is 9.92. The van der Waals surface area contributed by atoms with E-state index in [4.69, 9.17) is 5.73 Å². The molecule has 0 unspecified atom stereocenters. The highest BCUT2D eigenvalue weighted by Crippen LogP contribution is 2.15. The number of rotatable bonds is 5. The van der Waals surface area contributed by atoms with Crippen LogP contribution in [0.25, 0.3) is 0 Å². The molecule has 1 aromatic heterocycles. The molecule has 0 aliphatic heterocycles. The maximum atomic E-state index is 12.2. The lowest BCUT2D eigenvalue weighted by Gasteiger charge is -2.30. The zero-order valence-corrected chi connectivity index (χ0v) is 10.8. The van der Waals surface area contributed by atoms with E-state index in [9.17, 15) is 4.79 Å². The molecule has 1 heterocycles. The second kappa shape index (κ2) is 5.77. The van der Waals surface area contributed by atoms with Gasteiger partial charge in [0.2, 0.25) is 5.91 Å². The predicted molar refractivity (Wildman–Crippen MR) is 68.2 cm³/mol. The van der Waals surface area contributed by atoms with E-state index < -0.39 is 5.54 Å². The van der Waals surface area contributed by atoms with Gasteiger partial charge in [0.25, 0.3) is 0 Å². The van der Waals surface area contributed by atoms with Crippen molar-refractivity contribution in [2.45, 2.75) is 38.8 Å². The van der Waals surface area contributed by atoms with Crippen LogP contribution < -0.4 is 5.73 Å². The zero-order chi connectivity index (χ0) is 12.9. The normalized spacial score (nSPS) is 11.3. The van der Waals surface area contributed by atoms with Crippen LogP contribution in [0, 0.1) is 0 Å². The average Bonchev–Trinajstić information content (AvgIpc) is 2.38. The molecule has 0 aromatic carbocycles. The van der Waals surface area contributed by atoms with E-state index in [0.29, 0.717) is 19.4 Å². The zero-order valence-electron chi connectivity index (χ0n) is 10.8. The largest absolute Gasteiger partial charge is 0.340 e. The minimum Gasteiger partial charge on any atom is -0.340 e. The number of nitrogens with zero attached hydrogens (tertiary/aromatic N) is 2. The summed E-state index contributed by atoms with van der Waals surface area (Å²) in [6.07, 6.45) is 4.79. The SMILES string of the molecule is CCC(N)(CC)C(=O)N(C)Cc1cccnc1. The third kappa shape index (κ3) is 3.27. The summed E-state index contributed by atoms with van der Waals surface area (Å²) in [5.41, 5.74) is 6.36. The fourth-order valence-corrected chi connectivity index (χ4v) is 1.77. The molecule has 0 saturated heterocycles. The summed E-state index contributed by atoms with van der Waals surface area (Å²) in [4.78, 5) is 17.9. The lowest BCUT2D eigenvalue weighted by Crippen LogP contribution is -2.53. The van der Waals surface area contributed by atoms with Crippen LogP contribution in [-0.4, -0.2) is 28.4 Å². The van der Waals surface area contributed by atoms with Crippen LogP contribution >= 0.6 is 0 Å². The molecule has 2 N–H and O–H groups in total. The van der Waals surface area contributed by atoms with E-state index in [1.54, 1.807) is 24.3 Å². The molecule has 0 radical (unpaired) electrons. The number of pyridine rings is 1. The Kier molecular flexibility index (Phi) is 4.63. The summed E-state index contributed by atoms with van der Waals surface area (Å²) in [7, 11) is 1.78. The van der Waals surface area contributed by atoms with Crippen molar-refractivity contribution >= 4 is 5.91 Å². The summed E-state index contributed by atoms with van der Waals surface area (Å²) < 4.78 is 0. The van der Waals surface area contributed by atoms with Crippen molar-refractivity contribution in [1.29, 1.82) is 0 Å². The molecule has 1 rings (SSSR count). The Balaban J connectivity index is 2.71. The van der Waals surface area contributed by atoms with Gasteiger partial charge < -0.3 is 10.6 Å². The number of hydrogen-bond donors (Lipinski definition) is 1. The number of hydrogen-bond acceptors (Lipinski definition) is 3. The second-order valence-electron chi connectivity index (χ2n) is 4.39. The Labute approximate surface area is 103 Å². The topological polar surface area (TPSA) is 59.2 Å². The lowest BCUT2D eigenvalue weighted by molar-refractivity contribution is -0.136. The second-order valence-corrected chi connectivity index (χ2v) is 4.39. The summed E-state index contributed by atoms with van der Waals surface area (Å²) >= 11 is 0. The molecule has 17 heavy (non-hydrogen) atoms. The fraction of sp³-hybridized carbons (Fsp3) is 0.538. The summed E-state index contributed by atoms with van der Waals surface area (Å²) in [5, 5.41) is 0. The highest BCUT2D eigenvalue weighted by molar-refractivity contribution is 5.85. The first-order valence-corrected chi connectivity index (χ1v) is 5.97. The number of nitrogens with two attached hydrogens (primary N) is 1. The van der Waals surface area contributed by atoms with E-state index in [-0.39, 0.29) is 5.91 Å². The van der Waals surface area contributed by atoms with Crippen LogP contribution in [0.3, 0.4) is 0 Å². The smallest absolute Gasteiger partial charge is 0.242 e. The number of likely N-dealkylation sites (N-methyl/N-ethyl adjacent to an activating group) is 1. The van der Waals surface area contributed by atoms with Crippen molar-refractivity contribution in [3.8, 4) is 0 Å². The monoisotopic (exact) mass is 235 g/mol. The molecule has 4 nitrogen and oxygen atoms in total. The molecular formula is C13H21N3O. The maximum Gasteiger partial charge on any atom is 0.242 e. The Morgan fingerprint density at radius 3 is 2.59 bits per heavy atom. The van der Waals surface area contributed by atoms with Gasteiger partial charge in [0.05, 0.1) is 5.54 Å². The molecule has 0 spiro atoms. The molecule has 94 valence electrons. The first kappa shape index (κ1) is 13.6. The Morgan fingerprint density at radius 2 is 2.12 bits per heavy atom. The van der Waals surface area contributed by atoms with Crippen LogP contribution in [0.4, 0.5) is 0 Å².